The minimum atomic E-state index is -0.315. The van der Waals surface area contributed by atoms with E-state index >= 15 is 0 Å². The Balaban J connectivity index is 2.19. The average Bonchev–Trinajstić information content (AvgIpc) is 2.49. The van der Waals surface area contributed by atoms with Gasteiger partial charge in [0.2, 0.25) is 0 Å². The fourth-order valence-corrected chi connectivity index (χ4v) is 2.04. The zero-order valence-corrected chi connectivity index (χ0v) is 10.6. The third kappa shape index (κ3) is 2.23. The predicted octanol–water partition coefficient (Wildman–Crippen LogP) is 3.53. The van der Waals surface area contributed by atoms with Crippen LogP contribution in [0.5, 0.6) is 0 Å². The lowest BCUT2D eigenvalue weighted by Gasteiger charge is -2.08. The number of anilines is 1. The third-order valence-electron chi connectivity index (χ3n) is 3.01. The van der Waals surface area contributed by atoms with Gasteiger partial charge in [-0.1, -0.05) is 24.3 Å². The molecular formula is C16H12FN3. The molecule has 0 saturated carbocycles. The lowest BCUT2D eigenvalue weighted by molar-refractivity contribution is 0.630. The molecule has 1 heterocycles. The summed E-state index contributed by atoms with van der Waals surface area (Å²) >= 11 is 0. The van der Waals surface area contributed by atoms with Crippen LogP contribution in [0.15, 0.2) is 60.9 Å². The van der Waals surface area contributed by atoms with E-state index in [0.717, 1.165) is 5.56 Å². The van der Waals surface area contributed by atoms with Crippen LogP contribution in [0.1, 0.15) is 0 Å². The molecule has 1 aromatic heterocycles. The van der Waals surface area contributed by atoms with Crippen LogP contribution in [0.3, 0.4) is 0 Å². The van der Waals surface area contributed by atoms with Gasteiger partial charge in [0.05, 0.1) is 11.4 Å². The molecule has 2 N–H and O–H groups in total. The molecule has 0 saturated heterocycles. The first-order valence-electron chi connectivity index (χ1n) is 6.17. The van der Waals surface area contributed by atoms with E-state index in [-0.39, 0.29) is 5.82 Å². The number of aromatic nitrogens is 2. The first-order valence-corrected chi connectivity index (χ1v) is 6.17. The molecule has 4 heteroatoms. The predicted molar refractivity (Wildman–Crippen MR) is 77.3 cm³/mol. The van der Waals surface area contributed by atoms with Crippen molar-refractivity contribution < 1.29 is 4.39 Å². The van der Waals surface area contributed by atoms with Crippen molar-refractivity contribution in [1.82, 2.24) is 9.97 Å². The Morgan fingerprint density at radius 1 is 0.800 bits per heavy atom. The van der Waals surface area contributed by atoms with Crippen molar-refractivity contribution in [2.24, 2.45) is 0 Å². The van der Waals surface area contributed by atoms with Gasteiger partial charge in [-0.05, 0) is 24.3 Å². The standard InChI is InChI=1S/C16H12FN3/c17-14-4-2-1-3-13(14)16-15(19-9-10-20-16)11-5-7-12(18)8-6-11/h1-10H,18H2. The summed E-state index contributed by atoms with van der Waals surface area (Å²) < 4.78 is 13.9. The largest absolute Gasteiger partial charge is 0.399 e. The lowest BCUT2D eigenvalue weighted by atomic mass is 10.0. The highest BCUT2D eigenvalue weighted by atomic mass is 19.1. The van der Waals surface area contributed by atoms with Gasteiger partial charge < -0.3 is 5.73 Å². The summed E-state index contributed by atoms with van der Waals surface area (Å²) in [5.41, 5.74) is 8.80. The molecule has 0 amide bonds. The summed E-state index contributed by atoms with van der Waals surface area (Å²) in [4.78, 5) is 8.60. The van der Waals surface area contributed by atoms with E-state index in [9.17, 15) is 4.39 Å². The number of hydrogen-bond acceptors (Lipinski definition) is 3. The van der Waals surface area contributed by atoms with Gasteiger partial charge in [0, 0.05) is 29.2 Å². The van der Waals surface area contributed by atoms with E-state index in [1.54, 1.807) is 42.7 Å². The quantitative estimate of drug-likeness (QED) is 0.721. The first-order chi connectivity index (χ1) is 9.75. The molecule has 0 radical (unpaired) electrons. The molecule has 3 nitrogen and oxygen atoms in total. The van der Waals surface area contributed by atoms with Crippen molar-refractivity contribution in [2.45, 2.75) is 0 Å². The number of hydrogen-bond donors (Lipinski definition) is 1. The summed E-state index contributed by atoms with van der Waals surface area (Å²) in [7, 11) is 0. The fourth-order valence-electron chi connectivity index (χ4n) is 2.04. The van der Waals surface area contributed by atoms with Crippen LogP contribution in [0.4, 0.5) is 10.1 Å². The van der Waals surface area contributed by atoms with E-state index in [1.807, 2.05) is 12.1 Å². The summed E-state index contributed by atoms with van der Waals surface area (Å²) in [6.45, 7) is 0. The van der Waals surface area contributed by atoms with E-state index in [1.165, 1.54) is 6.07 Å². The molecule has 3 rings (SSSR count). The molecule has 0 aliphatic heterocycles. The molecule has 0 atom stereocenters. The Morgan fingerprint density at radius 2 is 1.45 bits per heavy atom. The Kier molecular flexibility index (Phi) is 3.13. The molecule has 0 fully saturated rings. The monoisotopic (exact) mass is 265 g/mol. The van der Waals surface area contributed by atoms with Crippen molar-refractivity contribution >= 4 is 5.69 Å². The van der Waals surface area contributed by atoms with Crippen LogP contribution in [0, 0.1) is 5.82 Å². The third-order valence-corrected chi connectivity index (χ3v) is 3.01. The fraction of sp³-hybridized carbons (Fsp3) is 0. The van der Waals surface area contributed by atoms with E-state index < -0.39 is 0 Å². The molecule has 3 aromatic rings. The summed E-state index contributed by atoms with van der Waals surface area (Å²) in [5.74, 6) is -0.315. The Hall–Kier alpha value is -2.75. The molecule has 98 valence electrons. The average molecular weight is 265 g/mol. The second-order valence-corrected chi connectivity index (χ2v) is 4.36. The normalized spacial score (nSPS) is 10.4. The smallest absolute Gasteiger partial charge is 0.132 e. The molecule has 0 aliphatic carbocycles. The Bertz CT molecular complexity index is 739. The minimum Gasteiger partial charge on any atom is -0.399 e. The van der Waals surface area contributed by atoms with Gasteiger partial charge in [-0.2, -0.15) is 0 Å². The highest BCUT2D eigenvalue weighted by molar-refractivity contribution is 5.78. The first kappa shape index (κ1) is 12.3. The van der Waals surface area contributed by atoms with Gasteiger partial charge >= 0.3 is 0 Å². The zero-order chi connectivity index (χ0) is 13.9. The summed E-state index contributed by atoms with van der Waals surface area (Å²) in [6.07, 6.45) is 3.15. The number of nitrogen functional groups attached to an aromatic ring is 1. The van der Waals surface area contributed by atoms with Crippen LogP contribution in [-0.4, -0.2) is 9.97 Å². The van der Waals surface area contributed by atoms with Crippen LogP contribution >= 0.6 is 0 Å². The molecule has 0 aliphatic rings. The molecule has 0 bridgehead atoms. The zero-order valence-electron chi connectivity index (χ0n) is 10.6. The number of halogens is 1. The number of nitrogens with zero attached hydrogens (tertiary/aromatic N) is 2. The maximum absolute atomic E-state index is 13.9. The van der Waals surface area contributed by atoms with E-state index in [0.29, 0.717) is 22.6 Å². The SMILES string of the molecule is Nc1ccc(-c2nccnc2-c2ccccc2F)cc1. The van der Waals surface area contributed by atoms with Gasteiger partial charge in [0.25, 0.3) is 0 Å². The lowest BCUT2D eigenvalue weighted by Crippen LogP contribution is -1.94. The van der Waals surface area contributed by atoms with Gasteiger partial charge in [-0.25, -0.2) is 4.39 Å². The molecule has 2 aromatic carbocycles. The van der Waals surface area contributed by atoms with Crippen LogP contribution in [0.2, 0.25) is 0 Å². The molecular weight excluding hydrogens is 253 g/mol. The minimum absolute atomic E-state index is 0.315. The highest BCUT2D eigenvalue weighted by Gasteiger charge is 2.13. The summed E-state index contributed by atoms with van der Waals surface area (Å²) in [5, 5.41) is 0. The van der Waals surface area contributed by atoms with Crippen molar-refractivity contribution in [3.63, 3.8) is 0 Å². The van der Waals surface area contributed by atoms with Crippen LogP contribution in [-0.2, 0) is 0 Å². The number of benzene rings is 2. The maximum atomic E-state index is 13.9. The number of nitrogens with two attached hydrogens (primary N) is 1. The van der Waals surface area contributed by atoms with Gasteiger partial charge in [-0.3, -0.25) is 9.97 Å². The van der Waals surface area contributed by atoms with Crippen LogP contribution in [0.25, 0.3) is 22.5 Å². The van der Waals surface area contributed by atoms with Crippen LogP contribution < -0.4 is 5.73 Å². The highest BCUT2D eigenvalue weighted by Crippen LogP contribution is 2.30. The summed E-state index contributed by atoms with van der Waals surface area (Å²) in [6, 6.07) is 13.8. The van der Waals surface area contributed by atoms with Crippen molar-refractivity contribution in [1.29, 1.82) is 0 Å². The molecule has 0 unspecified atom stereocenters. The molecule has 20 heavy (non-hydrogen) atoms. The van der Waals surface area contributed by atoms with Gasteiger partial charge in [0.15, 0.2) is 0 Å². The van der Waals surface area contributed by atoms with Gasteiger partial charge in [-0.15, -0.1) is 0 Å². The van der Waals surface area contributed by atoms with E-state index in [2.05, 4.69) is 9.97 Å². The van der Waals surface area contributed by atoms with Crippen molar-refractivity contribution in [3.05, 3.63) is 66.7 Å². The maximum Gasteiger partial charge on any atom is 0.132 e. The molecule has 0 spiro atoms. The van der Waals surface area contributed by atoms with Gasteiger partial charge in [0.1, 0.15) is 5.82 Å². The number of rotatable bonds is 2. The second kappa shape index (κ2) is 5.09. The second-order valence-electron chi connectivity index (χ2n) is 4.36. The van der Waals surface area contributed by atoms with Crippen molar-refractivity contribution in [2.75, 3.05) is 5.73 Å². The van der Waals surface area contributed by atoms with E-state index in [4.69, 9.17) is 5.73 Å². The Morgan fingerprint density at radius 3 is 2.15 bits per heavy atom. The Labute approximate surface area is 115 Å². The topological polar surface area (TPSA) is 51.8 Å². The van der Waals surface area contributed by atoms with Crippen molar-refractivity contribution in [3.8, 4) is 22.5 Å².